The van der Waals surface area contributed by atoms with E-state index in [1.54, 1.807) is 0 Å². The Hall–Kier alpha value is -1.43. The number of rotatable bonds is 3. The summed E-state index contributed by atoms with van der Waals surface area (Å²) in [5.74, 6) is 1.07. The van der Waals surface area contributed by atoms with Crippen molar-refractivity contribution < 1.29 is 9.21 Å². The predicted octanol–water partition coefficient (Wildman–Crippen LogP) is 0.495. The number of carbonyl (C=O) groups is 1. The predicted molar refractivity (Wildman–Crippen MR) is 55.9 cm³/mol. The number of carbonyl (C=O) groups excluding carboxylic acids is 1. The Kier molecular flexibility index (Phi) is 2.36. The molecule has 6 nitrogen and oxygen atoms in total. The van der Waals surface area contributed by atoms with E-state index >= 15 is 0 Å². The van der Waals surface area contributed by atoms with Crippen LogP contribution in [0.5, 0.6) is 0 Å². The summed E-state index contributed by atoms with van der Waals surface area (Å²) < 4.78 is 5.36. The van der Waals surface area contributed by atoms with Crippen molar-refractivity contribution >= 4 is 11.9 Å². The Bertz CT molecular complexity index is 393. The number of nitrogens with one attached hydrogen (secondary N) is 2. The lowest BCUT2D eigenvalue weighted by molar-refractivity contribution is -0.119. The summed E-state index contributed by atoms with van der Waals surface area (Å²) >= 11 is 0. The minimum Gasteiger partial charge on any atom is -0.408 e. The van der Waals surface area contributed by atoms with E-state index in [0.717, 1.165) is 32.4 Å². The Morgan fingerprint density at radius 2 is 2.25 bits per heavy atom. The van der Waals surface area contributed by atoms with Crippen molar-refractivity contribution in [2.24, 2.45) is 5.92 Å². The van der Waals surface area contributed by atoms with Crippen LogP contribution in [0.1, 0.15) is 31.1 Å². The highest BCUT2D eigenvalue weighted by molar-refractivity contribution is 5.90. The van der Waals surface area contributed by atoms with Crippen molar-refractivity contribution in [3.8, 4) is 0 Å². The van der Waals surface area contributed by atoms with Crippen molar-refractivity contribution in [2.45, 2.75) is 25.2 Å². The lowest BCUT2D eigenvalue weighted by Gasteiger charge is -2.05. The van der Waals surface area contributed by atoms with Crippen molar-refractivity contribution in [2.75, 3.05) is 18.4 Å². The minimum atomic E-state index is -0.0315. The molecule has 1 saturated heterocycles. The number of amides is 1. The molecule has 2 N–H and O–H groups in total. The topological polar surface area (TPSA) is 80.1 Å². The number of anilines is 1. The molecule has 16 heavy (non-hydrogen) atoms. The van der Waals surface area contributed by atoms with Crippen LogP contribution in [0.4, 0.5) is 6.01 Å². The van der Waals surface area contributed by atoms with E-state index < -0.39 is 0 Å². The average Bonchev–Trinajstić information content (AvgIpc) is 2.82. The fraction of sp³-hybridized carbons (Fsp3) is 0.700. The van der Waals surface area contributed by atoms with Crippen LogP contribution in [-0.2, 0) is 4.79 Å². The van der Waals surface area contributed by atoms with Gasteiger partial charge in [-0.1, -0.05) is 5.10 Å². The lowest BCUT2D eigenvalue weighted by atomic mass is 10.1. The van der Waals surface area contributed by atoms with Crippen LogP contribution < -0.4 is 10.6 Å². The first-order valence-electron chi connectivity index (χ1n) is 5.68. The van der Waals surface area contributed by atoms with E-state index in [1.165, 1.54) is 0 Å². The maximum absolute atomic E-state index is 11.7. The first-order chi connectivity index (χ1) is 7.83. The SMILES string of the molecule is O=C(Nc1nnc(C2CC2)o1)C1CCNC1. The fourth-order valence-electron chi connectivity index (χ4n) is 1.87. The van der Waals surface area contributed by atoms with Crippen LogP contribution in [0.3, 0.4) is 0 Å². The molecule has 1 aliphatic carbocycles. The molecule has 1 amide bonds. The second-order valence-electron chi connectivity index (χ2n) is 4.40. The van der Waals surface area contributed by atoms with E-state index in [1.807, 2.05) is 0 Å². The number of hydrogen-bond acceptors (Lipinski definition) is 5. The second kappa shape index (κ2) is 3.86. The summed E-state index contributed by atoms with van der Waals surface area (Å²) in [6.45, 7) is 1.63. The van der Waals surface area contributed by atoms with Gasteiger partial charge in [0.2, 0.25) is 11.8 Å². The van der Waals surface area contributed by atoms with Crippen LogP contribution in [0.15, 0.2) is 4.42 Å². The molecule has 0 bridgehead atoms. The van der Waals surface area contributed by atoms with Gasteiger partial charge in [-0.15, -0.1) is 5.10 Å². The van der Waals surface area contributed by atoms with Crippen LogP contribution in [0.2, 0.25) is 0 Å². The standard InChI is InChI=1S/C10H14N4O2/c15-8(7-3-4-11-5-7)12-10-14-13-9(16-10)6-1-2-6/h6-7,11H,1-5H2,(H,12,14,15). The third-order valence-electron chi connectivity index (χ3n) is 3.03. The highest BCUT2D eigenvalue weighted by atomic mass is 16.4. The van der Waals surface area contributed by atoms with Gasteiger partial charge in [0.15, 0.2) is 0 Å². The summed E-state index contributed by atoms with van der Waals surface area (Å²) in [5.41, 5.74) is 0. The number of aromatic nitrogens is 2. The first kappa shape index (κ1) is 9.77. The number of hydrogen-bond donors (Lipinski definition) is 2. The molecule has 0 spiro atoms. The van der Waals surface area contributed by atoms with Crippen molar-refractivity contribution in [1.29, 1.82) is 0 Å². The zero-order valence-electron chi connectivity index (χ0n) is 8.90. The van der Waals surface area contributed by atoms with Crippen molar-refractivity contribution in [3.63, 3.8) is 0 Å². The molecular weight excluding hydrogens is 208 g/mol. The molecule has 0 aromatic carbocycles. The van der Waals surface area contributed by atoms with Gasteiger partial charge >= 0.3 is 6.01 Å². The smallest absolute Gasteiger partial charge is 0.322 e. The average molecular weight is 222 g/mol. The molecule has 1 aliphatic heterocycles. The van der Waals surface area contributed by atoms with Gasteiger partial charge in [0.25, 0.3) is 0 Å². The van der Waals surface area contributed by atoms with Gasteiger partial charge in [0.05, 0.1) is 5.92 Å². The van der Waals surface area contributed by atoms with Gasteiger partial charge in [0, 0.05) is 12.5 Å². The quantitative estimate of drug-likeness (QED) is 0.778. The molecule has 1 saturated carbocycles. The zero-order valence-corrected chi connectivity index (χ0v) is 8.90. The van der Waals surface area contributed by atoms with Crippen LogP contribution in [0, 0.1) is 5.92 Å². The third kappa shape index (κ3) is 1.92. The normalized spacial score (nSPS) is 24.6. The van der Waals surface area contributed by atoms with Crippen molar-refractivity contribution in [3.05, 3.63) is 5.89 Å². The minimum absolute atomic E-state index is 0.0243. The van der Waals surface area contributed by atoms with Crippen LogP contribution >= 0.6 is 0 Å². The summed E-state index contributed by atoms with van der Waals surface area (Å²) in [6, 6.07) is 0.235. The van der Waals surface area contributed by atoms with E-state index in [-0.39, 0.29) is 17.8 Å². The largest absolute Gasteiger partial charge is 0.408 e. The maximum Gasteiger partial charge on any atom is 0.322 e. The van der Waals surface area contributed by atoms with Gasteiger partial charge in [0.1, 0.15) is 0 Å². The van der Waals surface area contributed by atoms with E-state index in [9.17, 15) is 4.79 Å². The summed E-state index contributed by atoms with van der Waals surface area (Å²) in [7, 11) is 0. The van der Waals surface area contributed by atoms with Gasteiger partial charge < -0.3 is 9.73 Å². The van der Waals surface area contributed by atoms with Crippen LogP contribution in [-0.4, -0.2) is 29.2 Å². The Morgan fingerprint density at radius 1 is 1.38 bits per heavy atom. The second-order valence-corrected chi connectivity index (χ2v) is 4.40. The van der Waals surface area contributed by atoms with E-state index in [2.05, 4.69) is 20.8 Å². The molecular formula is C10H14N4O2. The Labute approximate surface area is 92.8 Å². The monoisotopic (exact) mass is 222 g/mol. The van der Waals surface area contributed by atoms with Crippen LogP contribution in [0.25, 0.3) is 0 Å². The molecule has 2 heterocycles. The van der Waals surface area contributed by atoms with E-state index in [4.69, 9.17) is 4.42 Å². The first-order valence-corrected chi connectivity index (χ1v) is 5.68. The molecule has 1 unspecified atom stereocenters. The molecule has 6 heteroatoms. The van der Waals surface area contributed by atoms with Gasteiger partial charge in [-0.25, -0.2) is 0 Å². The zero-order chi connectivity index (χ0) is 11.0. The van der Waals surface area contributed by atoms with Gasteiger partial charge in [-0.2, -0.15) is 0 Å². The van der Waals surface area contributed by atoms with Gasteiger partial charge in [-0.3, -0.25) is 10.1 Å². The van der Waals surface area contributed by atoms with Crippen molar-refractivity contribution in [1.82, 2.24) is 15.5 Å². The Morgan fingerprint density at radius 3 is 2.94 bits per heavy atom. The third-order valence-corrected chi connectivity index (χ3v) is 3.03. The molecule has 2 fully saturated rings. The molecule has 1 atom stereocenters. The molecule has 3 rings (SSSR count). The molecule has 1 aromatic heterocycles. The summed E-state index contributed by atoms with van der Waals surface area (Å²) in [4.78, 5) is 11.7. The molecule has 2 aliphatic rings. The number of nitrogens with zero attached hydrogens (tertiary/aromatic N) is 2. The molecule has 86 valence electrons. The molecule has 1 aromatic rings. The summed E-state index contributed by atoms with van der Waals surface area (Å²) in [5, 5.41) is 13.5. The molecule has 0 radical (unpaired) electrons. The highest BCUT2D eigenvalue weighted by Crippen LogP contribution is 2.39. The Balaban J connectivity index is 1.61. The summed E-state index contributed by atoms with van der Waals surface area (Å²) in [6.07, 6.45) is 3.10. The maximum atomic E-state index is 11.7. The van der Waals surface area contributed by atoms with Gasteiger partial charge in [-0.05, 0) is 25.8 Å². The highest BCUT2D eigenvalue weighted by Gasteiger charge is 2.30. The van der Waals surface area contributed by atoms with E-state index in [0.29, 0.717) is 11.8 Å². The lowest BCUT2D eigenvalue weighted by Crippen LogP contribution is -2.24. The fourth-order valence-corrected chi connectivity index (χ4v) is 1.87.